The van der Waals surface area contributed by atoms with E-state index in [-0.39, 0.29) is 5.91 Å². The molecule has 1 N–H and O–H groups in total. The molecule has 0 spiro atoms. The molecule has 0 aliphatic carbocycles. The van der Waals surface area contributed by atoms with Crippen LogP contribution in [-0.2, 0) is 0 Å². The Morgan fingerprint density at radius 1 is 1.17 bits per heavy atom. The second kappa shape index (κ2) is 8.29. The van der Waals surface area contributed by atoms with Gasteiger partial charge in [-0.3, -0.25) is 4.79 Å². The zero-order valence-electron chi connectivity index (χ0n) is 14.7. The lowest BCUT2D eigenvalue weighted by atomic mass is 10.1. The molecular weight excluding hydrogens is 300 g/mol. The zero-order valence-corrected chi connectivity index (χ0v) is 14.7. The van der Waals surface area contributed by atoms with Crippen molar-refractivity contribution in [2.45, 2.75) is 27.7 Å². The van der Waals surface area contributed by atoms with E-state index in [0.717, 1.165) is 16.9 Å². The minimum absolute atomic E-state index is 0.244. The van der Waals surface area contributed by atoms with E-state index in [1.54, 1.807) is 30.5 Å². The maximum Gasteiger partial charge on any atom is 0.271 e. The smallest absolute Gasteiger partial charge is 0.271 e. The summed E-state index contributed by atoms with van der Waals surface area (Å²) in [5.74, 6) is 0.984. The minimum Gasteiger partial charge on any atom is -0.493 e. The second-order valence-electron chi connectivity index (χ2n) is 6.29. The number of ether oxygens (including phenoxy) is 1. The Morgan fingerprint density at radius 3 is 2.50 bits per heavy atom. The molecule has 0 saturated carbocycles. The molecule has 0 aliphatic heterocycles. The summed E-state index contributed by atoms with van der Waals surface area (Å²) in [6.07, 6.45) is 1.66. The van der Waals surface area contributed by atoms with Crippen LogP contribution in [0.1, 0.15) is 40.9 Å². The summed E-state index contributed by atoms with van der Waals surface area (Å²) in [5.41, 5.74) is 6.41. The lowest BCUT2D eigenvalue weighted by molar-refractivity contribution is 0.0955. The number of hydrogen-bond acceptors (Lipinski definition) is 3. The number of hydrazone groups is 1. The van der Waals surface area contributed by atoms with Gasteiger partial charge in [-0.25, -0.2) is 5.43 Å². The van der Waals surface area contributed by atoms with Crippen molar-refractivity contribution in [2.75, 3.05) is 6.61 Å². The third-order valence-electron chi connectivity index (χ3n) is 3.49. The predicted octanol–water partition coefficient (Wildman–Crippen LogP) is 4.10. The molecule has 0 fully saturated rings. The Labute approximate surface area is 143 Å². The highest BCUT2D eigenvalue weighted by atomic mass is 16.5. The molecule has 2 aromatic carbocycles. The third kappa shape index (κ3) is 5.23. The van der Waals surface area contributed by atoms with Crippen LogP contribution in [0.15, 0.2) is 47.6 Å². The van der Waals surface area contributed by atoms with Crippen molar-refractivity contribution in [3.05, 3.63) is 64.7 Å². The molecular formula is C20H24N2O2. The maximum absolute atomic E-state index is 12.1. The van der Waals surface area contributed by atoms with Crippen molar-refractivity contribution in [2.24, 2.45) is 11.0 Å². The van der Waals surface area contributed by atoms with E-state index in [4.69, 9.17) is 4.74 Å². The van der Waals surface area contributed by atoms with Gasteiger partial charge in [0.05, 0.1) is 12.8 Å². The number of hydrogen-bond donors (Lipinski definition) is 1. The number of carbonyl (C=O) groups excluding carboxylic acids is 1. The van der Waals surface area contributed by atoms with E-state index < -0.39 is 0 Å². The fourth-order valence-corrected chi connectivity index (χ4v) is 2.16. The van der Waals surface area contributed by atoms with Crippen LogP contribution in [0.5, 0.6) is 5.75 Å². The van der Waals surface area contributed by atoms with E-state index in [1.165, 1.54) is 5.56 Å². The summed E-state index contributed by atoms with van der Waals surface area (Å²) in [6, 6.07) is 13.2. The maximum atomic E-state index is 12.1. The van der Waals surface area contributed by atoms with E-state index in [2.05, 4.69) is 30.4 Å². The second-order valence-corrected chi connectivity index (χ2v) is 6.29. The van der Waals surface area contributed by atoms with Gasteiger partial charge < -0.3 is 4.74 Å². The van der Waals surface area contributed by atoms with Gasteiger partial charge in [0.15, 0.2) is 0 Å². The molecule has 0 aliphatic rings. The molecule has 0 atom stereocenters. The van der Waals surface area contributed by atoms with Crippen LogP contribution < -0.4 is 10.2 Å². The lowest BCUT2D eigenvalue weighted by Crippen LogP contribution is -2.17. The fraction of sp³-hybridized carbons (Fsp3) is 0.300. The van der Waals surface area contributed by atoms with Gasteiger partial charge in [0, 0.05) is 5.56 Å². The van der Waals surface area contributed by atoms with Gasteiger partial charge in [-0.2, -0.15) is 5.10 Å². The fourth-order valence-electron chi connectivity index (χ4n) is 2.16. The van der Waals surface area contributed by atoms with E-state index in [9.17, 15) is 4.79 Å². The van der Waals surface area contributed by atoms with Crippen molar-refractivity contribution in [1.82, 2.24) is 5.43 Å². The van der Waals surface area contributed by atoms with Crippen LogP contribution in [0.25, 0.3) is 0 Å². The SMILES string of the molecule is Cc1ccc(/C=N/NC(=O)c2ccc(OCC(C)C)cc2)c(C)c1. The number of nitrogens with one attached hydrogen (secondary N) is 1. The van der Waals surface area contributed by atoms with Gasteiger partial charge in [-0.05, 0) is 55.2 Å². The molecule has 0 radical (unpaired) electrons. The normalized spacial score (nSPS) is 11.0. The van der Waals surface area contributed by atoms with Crippen molar-refractivity contribution in [3.63, 3.8) is 0 Å². The summed E-state index contributed by atoms with van der Waals surface area (Å²) in [5, 5.41) is 4.03. The van der Waals surface area contributed by atoms with Gasteiger partial charge in [-0.15, -0.1) is 0 Å². The summed E-state index contributed by atoms with van der Waals surface area (Å²) >= 11 is 0. The van der Waals surface area contributed by atoms with Gasteiger partial charge in [0.2, 0.25) is 0 Å². The first-order valence-electron chi connectivity index (χ1n) is 8.09. The number of amides is 1. The molecule has 0 heterocycles. The Kier molecular flexibility index (Phi) is 6.13. The quantitative estimate of drug-likeness (QED) is 0.642. The summed E-state index contributed by atoms with van der Waals surface area (Å²) < 4.78 is 5.60. The van der Waals surface area contributed by atoms with Gasteiger partial charge in [0.1, 0.15) is 5.75 Å². The van der Waals surface area contributed by atoms with Gasteiger partial charge >= 0.3 is 0 Å². The molecule has 0 saturated heterocycles. The van der Waals surface area contributed by atoms with Crippen LogP contribution in [0.3, 0.4) is 0 Å². The number of carbonyl (C=O) groups is 1. The molecule has 4 heteroatoms. The number of rotatable bonds is 6. The summed E-state index contributed by atoms with van der Waals surface area (Å²) in [6.45, 7) is 8.91. The molecule has 126 valence electrons. The van der Waals surface area contributed by atoms with Crippen LogP contribution in [0, 0.1) is 19.8 Å². The van der Waals surface area contributed by atoms with Crippen LogP contribution in [0.2, 0.25) is 0 Å². The number of nitrogens with zero attached hydrogens (tertiary/aromatic N) is 1. The summed E-state index contributed by atoms with van der Waals surface area (Å²) in [7, 11) is 0. The van der Waals surface area contributed by atoms with Crippen LogP contribution >= 0.6 is 0 Å². The molecule has 24 heavy (non-hydrogen) atoms. The standard InChI is InChI=1S/C20H24N2O2/c1-14(2)13-24-19-9-7-17(8-10-19)20(23)22-21-12-18-6-5-15(3)11-16(18)4/h5-12,14H,13H2,1-4H3,(H,22,23)/b21-12+. The Hall–Kier alpha value is -2.62. The van der Waals surface area contributed by atoms with Crippen molar-refractivity contribution in [1.29, 1.82) is 0 Å². The van der Waals surface area contributed by atoms with Gasteiger partial charge in [-0.1, -0.05) is 37.6 Å². The minimum atomic E-state index is -0.244. The molecule has 2 rings (SSSR count). The Balaban J connectivity index is 1.93. The Bertz CT molecular complexity index is 719. The number of benzene rings is 2. The molecule has 0 aromatic heterocycles. The predicted molar refractivity (Wildman–Crippen MR) is 97.8 cm³/mol. The average Bonchev–Trinajstić information content (AvgIpc) is 2.55. The summed E-state index contributed by atoms with van der Waals surface area (Å²) in [4.78, 5) is 12.1. The highest BCUT2D eigenvalue weighted by Crippen LogP contribution is 2.13. The highest BCUT2D eigenvalue weighted by molar-refractivity contribution is 5.95. The topological polar surface area (TPSA) is 50.7 Å². The van der Waals surface area contributed by atoms with Gasteiger partial charge in [0.25, 0.3) is 5.91 Å². The average molecular weight is 324 g/mol. The molecule has 4 nitrogen and oxygen atoms in total. The third-order valence-corrected chi connectivity index (χ3v) is 3.49. The molecule has 0 unspecified atom stereocenters. The first kappa shape index (κ1) is 17.7. The monoisotopic (exact) mass is 324 g/mol. The first-order valence-corrected chi connectivity index (χ1v) is 8.09. The van der Waals surface area contributed by atoms with E-state index in [0.29, 0.717) is 18.1 Å². The van der Waals surface area contributed by atoms with Crippen molar-refractivity contribution >= 4 is 12.1 Å². The van der Waals surface area contributed by atoms with E-state index in [1.807, 2.05) is 26.0 Å². The zero-order chi connectivity index (χ0) is 17.5. The van der Waals surface area contributed by atoms with Crippen LogP contribution in [0.4, 0.5) is 0 Å². The number of aryl methyl sites for hydroxylation is 2. The molecule has 0 bridgehead atoms. The molecule has 1 amide bonds. The van der Waals surface area contributed by atoms with Crippen molar-refractivity contribution in [3.8, 4) is 5.75 Å². The Morgan fingerprint density at radius 2 is 1.88 bits per heavy atom. The van der Waals surface area contributed by atoms with Crippen molar-refractivity contribution < 1.29 is 9.53 Å². The first-order chi connectivity index (χ1) is 11.5. The lowest BCUT2D eigenvalue weighted by Gasteiger charge is -2.08. The highest BCUT2D eigenvalue weighted by Gasteiger charge is 2.05. The molecule has 2 aromatic rings. The van der Waals surface area contributed by atoms with E-state index >= 15 is 0 Å². The largest absolute Gasteiger partial charge is 0.493 e. The van der Waals surface area contributed by atoms with Crippen LogP contribution in [-0.4, -0.2) is 18.7 Å².